The minimum atomic E-state index is -0.0479. The van der Waals surface area contributed by atoms with Crippen LogP contribution in [0.25, 0.3) is 11.4 Å². The molecular formula is C19H18ClN5OS. The Morgan fingerprint density at radius 2 is 2.15 bits per heavy atom. The first-order valence-electron chi connectivity index (χ1n) is 8.70. The molecule has 27 heavy (non-hydrogen) atoms. The van der Waals surface area contributed by atoms with E-state index in [1.165, 1.54) is 11.8 Å². The first-order valence-corrected chi connectivity index (χ1v) is 10.1. The Balaban J connectivity index is 1.39. The summed E-state index contributed by atoms with van der Waals surface area (Å²) < 4.78 is 2.13. The van der Waals surface area contributed by atoms with Crippen molar-refractivity contribution in [1.82, 2.24) is 25.1 Å². The number of amides is 1. The maximum atomic E-state index is 12.2. The highest BCUT2D eigenvalue weighted by atomic mass is 35.5. The number of benzene rings is 1. The molecule has 1 saturated carbocycles. The number of hydrogen-bond donors (Lipinski definition) is 1. The van der Waals surface area contributed by atoms with Gasteiger partial charge in [0.1, 0.15) is 0 Å². The van der Waals surface area contributed by atoms with E-state index in [4.69, 9.17) is 11.6 Å². The van der Waals surface area contributed by atoms with Gasteiger partial charge in [-0.15, -0.1) is 10.2 Å². The molecule has 0 radical (unpaired) electrons. The number of nitrogens with one attached hydrogen (secondary N) is 1. The van der Waals surface area contributed by atoms with Crippen LogP contribution in [-0.4, -0.2) is 31.4 Å². The highest BCUT2D eigenvalue weighted by Crippen LogP contribution is 2.40. The molecule has 0 aliphatic heterocycles. The molecular weight excluding hydrogens is 382 g/mol. The van der Waals surface area contributed by atoms with Crippen molar-refractivity contribution in [3.8, 4) is 11.4 Å². The molecule has 1 N–H and O–H groups in total. The van der Waals surface area contributed by atoms with E-state index in [1.54, 1.807) is 12.4 Å². The third kappa shape index (κ3) is 4.48. The highest BCUT2D eigenvalue weighted by Gasteiger charge is 2.30. The lowest BCUT2D eigenvalue weighted by Crippen LogP contribution is -2.24. The number of aromatic nitrogens is 4. The van der Waals surface area contributed by atoms with Crippen LogP contribution in [0, 0.1) is 0 Å². The van der Waals surface area contributed by atoms with Crippen LogP contribution in [0.5, 0.6) is 0 Å². The number of rotatable bonds is 7. The average Bonchev–Trinajstić information content (AvgIpc) is 3.44. The Hall–Kier alpha value is -2.38. The van der Waals surface area contributed by atoms with Crippen molar-refractivity contribution in [3.05, 3.63) is 59.4 Å². The molecule has 0 spiro atoms. The van der Waals surface area contributed by atoms with E-state index in [2.05, 4.69) is 25.1 Å². The monoisotopic (exact) mass is 399 g/mol. The molecule has 0 saturated heterocycles. The van der Waals surface area contributed by atoms with Gasteiger partial charge in [0, 0.05) is 35.6 Å². The van der Waals surface area contributed by atoms with Gasteiger partial charge in [-0.2, -0.15) is 0 Å². The molecule has 138 valence electrons. The minimum Gasteiger partial charge on any atom is -0.351 e. The molecule has 0 bridgehead atoms. The van der Waals surface area contributed by atoms with Crippen molar-refractivity contribution in [2.75, 3.05) is 5.75 Å². The number of carbonyl (C=O) groups is 1. The molecule has 0 atom stereocenters. The van der Waals surface area contributed by atoms with Crippen LogP contribution < -0.4 is 5.32 Å². The zero-order chi connectivity index (χ0) is 18.6. The number of halogens is 1. The van der Waals surface area contributed by atoms with Crippen LogP contribution in [0.15, 0.2) is 53.9 Å². The van der Waals surface area contributed by atoms with Crippen molar-refractivity contribution < 1.29 is 4.79 Å². The van der Waals surface area contributed by atoms with Crippen LogP contribution in [-0.2, 0) is 11.3 Å². The standard InChI is InChI=1S/C19H18ClN5OS/c20-15-5-1-3-13(9-15)10-22-17(26)12-27-19-24-23-18(25(19)16-6-7-16)14-4-2-8-21-11-14/h1-5,8-9,11,16H,6-7,10,12H2,(H,22,26). The highest BCUT2D eigenvalue weighted by molar-refractivity contribution is 7.99. The van der Waals surface area contributed by atoms with Gasteiger partial charge in [0.05, 0.1) is 5.75 Å². The summed E-state index contributed by atoms with van der Waals surface area (Å²) in [6, 6.07) is 11.7. The maximum absolute atomic E-state index is 12.2. The zero-order valence-corrected chi connectivity index (χ0v) is 16.1. The summed E-state index contributed by atoms with van der Waals surface area (Å²) in [4.78, 5) is 16.4. The van der Waals surface area contributed by atoms with Crippen LogP contribution in [0.3, 0.4) is 0 Å². The fourth-order valence-electron chi connectivity index (χ4n) is 2.76. The fourth-order valence-corrected chi connectivity index (χ4v) is 3.81. The molecule has 1 aromatic carbocycles. The molecule has 0 unspecified atom stereocenters. The van der Waals surface area contributed by atoms with Crippen molar-refractivity contribution in [1.29, 1.82) is 0 Å². The van der Waals surface area contributed by atoms with Crippen molar-refractivity contribution >= 4 is 29.3 Å². The minimum absolute atomic E-state index is 0.0479. The van der Waals surface area contributed by atoms with Gasteiger partial charge in [0.25, 0.3) is 0 Å². The van der Waals surface area contributed by atoms with Crippen LogP contribution >= 0.6 is 23.4 Å². The predicted octanol–water partition coefficient (Wildman–Crippen LogP) is 3.74. The van der Waals surface area contributed by atoms with Gasteiger partial charge in [0.15, 0.2) is 11.0 Å². The number of pyridine rings is 1. The van der Waals surface area contributed by atoms with E-state index < -0.39 is 0 Å². The van der Waals surface area contributed by atoms with E-state index >= 15 is 0 Å². The number of thioether (sulfide) groups is 1. The summed E-state index contributed by atoms with van der Waals surface area (Å²) in [7, 11) is 0. The molecule has 1 aliphatic rings. The number of nitrogens with zero attached hydrogens (tertiary/aromatic N) is 4. The molecule has 2 heterocycles. The summed E-state index contributed by atoms with van der Waals surface area (Å²) in [5.41, 5.74) is 1.91. The van der Waals surface area contributed by atoms with Gasteiger partial charge < -0.3 is 5.32 Å². The Labute approximate surface area is 166 Å². The first kappa shape index (κ1) is 18.0. The second kappa shape index (κ2) is 8.10. The van der Waals surface area contributed by atoms with Gasteiger partial charge in [0.2, 0.25) is 5.91 Å². The molecule has 3 aromatic rings. The number of carbonyl (C=O) groups excluding carboxylic acids is 1. The Kier molecular flexibility index (Phi) is 5.40. The van der Waals surface area contributed by atoms with Gasteiger partial charge in [-0.3, -0.25) is 14.3 Å². The molecule has 2 aromatic heterocycles. The first-order chi connectivity index (χ1) is 13.2. The molecule has 4 rings (SSSR count). The average molecular weight is 400 g/mol. The summed E-state index contributed by atoms with van der Waals surface area (Å²) in [6.07, 6.45) is 5.75. The Bertz CT molecular complexity index is 942. The Morgan fingerprint density at radius 3 is 2.89 bits per heavy atom. The zero-order valence-electron chi connectivity index (χ0n) is 14.5. The molecule has 6 nitrogen and oxygen atoms in total. The maximum Gasteiger partial charge on any atom is 0.230 e. The van der Waals surface area contributed by atoms with Crippen molar-refractivity contribution in [3.63, 3.8) is 0 Å². The second-order valence-electron chi connectivity index (χ2n) is 6.34. The summed E-state index contributed by atoms with van der Waals surface area (Å²) in [5, 5.41) is 13.0. The van der Waals surface area contributed by atoms with E-state index in [9.17, 15) is 4.79 Å². The largest absolute Gasteiger partial charge is 0.351 e. The lowest BCUT2D eigenvalue weighted by atomic mass is 10.2. The predicted molar refractivity (Wildman–Crippen MR) is 106 cm³/mol. The van der Waals surface area contributed by atoms with E-state index in [0.29, 0.717) is 23.4 Å². The van der Waals surface area contributed by atoms with Crippen LogP contribution in [0.2, 0.25) is 5.02 Å². The van der Waals surface area contributed by atoms with Gasteiger partial charge in [-0.25, -0.2) is 0 Å². The van der Waals surface area contributed by atoms with Crippen molar-refractivity contribution in [2.24, 2.45) is 0 Å². The lowest BCUT2D eigenvalue weighted by molar-refractivity contribution is -0.118. The van der Waals surface area contributed by atoms with Crippen LogP contribution in [0.4, 0.5) is 0 Å². The van der Waals surface area contributed by atoms with E-state index in [1.807, 2.05) is 36.4 Å². The molecule has 1 fully saturated rings. The number of hydrogen-bond acceptors (Lipinski definition) is 5. The van der Waals surface area contributed by atoms with Gasteiger partial charge in [-0.05, 0) is 42.7 Å². The third-order valence-corrected chi connectivity index (χ3v) is 5.39. The molecule has 1 aliphatic carbocycles. The van der Waals surface area contributed by atoms with Gasteiger partial charge in [-0.1, -0.05) is 35.5 Å². The van der Waals surface area contributed by atoms with Gasteiger partial charge >= 0.3 is 0 Å². The van der Waals surface area contributed by atoms with E-state index in [0.717, 1.165) is 34.9 Å². The Morgan fingerprint density at radius 1 is 1.26 bits per heavy atom. The quantitative estimate of drug-likeness (QED) is 0.613. The smallest absolute Gasteiger partial charge is 0.230 e. The topological polar surface area (TPSA) is 72.7 Å². The van der Waals surface area contributed by atoms with Crippen LogP contribution in [0.1, 0.15) is 24.4 Å². The lowest BCUT2D eigenvalue weighted by Gasteiger charge is -2.09. The summed E-state index contributed by atoms with van der Waals surface area (Å²) >= 11 is 7.38. The second-order valence-corrected chi connectivity index (χ2v) is 7.72. The van der Waals surface area contributed by atoms with E-state index in [-0.39, 0.29) is 5.91 Å². The normalized spacial score (nSPS) is 13.5. The SMILES string of the molecule is O=C(CSc1nnc(-c2cccnc2)n1C1CC1)NCc1cccc(Cl)c1. The summed E-state index contributed by atoms with van der Waals surface area (Å²) in [6.45, 7) is 0.455. The molecule has 1 amide bonds. The van der Waals surface area contributed by atoms with Crippen molar-refractivity contribution in [2.45, 2.75) is 30.6 Å². The molecule has 8 heteroatoms. The third-order valence-electron chi connectivity index (χ3n) is 4.21. The fraction of sp³-hybridized carbons (Fsp3) is 0.263. The summed E-state index contributed by atoms with van der Waals surface area (Å²) in [5.74, 6) is 1.05.